The SMILES string of the molecule is CC(C)Cn1ncc(C(=O)N2C[C@H]3COCC[C@@]3(C(=O)O)C2)c1C(F)F. The Labute approximate surface area is 149 Å². The first kappa shape index (κ1) is 18.8. The summed E-state index contributed by atoms with van der Waals surface area (Å²) >= 11 is 0. The first-order chi connectivity index (χ1) is 12.3. The first-order valence-electron chi connectivity index (χ1n) is 8.70. The van der Waals surface area contributed by atoms with Crippen molar-refractivity contribution in [2.75, 3.05) is 26.3 Å². The fourth-order valence-electron chi connectivity index (χ4n) is 3.91. The minimum atomic E-state index is -2.84. The number of amides is 1. The number of carboxylic acids is 1. The van der Waals surface area contributed by atoms with Crippen LogP contribution in [0.5, 0.6) is 0 Å². The molecule has 2 saturated heterocycles. The number of likely N-dealkylation sites (tertiary alicyclic amines) is 1. The summed E-state index contributed by atoms with van der Waals surface area (Å²) in [5.41, 5.74) is -1.62. The molecule has 0 aliphatic carbocycles. The summed E-state index contributed by atoms with van der Waals surface area (Å²) in [6.45, 7) is 4.79. The normalized spacial score (nSPS) is 25.8. The number of carboxylic acid groups (broad SMARTS) is 1. The van der Waals surface area contributed by atoms with Gasteiger partial charge in [-0.25, -0.2) is 8.78 Å². The summed E-state index contributed by atoms with van der Waals surface area (Å²) in [6.07, 6.45) is -1.36. The van der Waals surface area contributed by atoms with Gasteiger partial charge in [-0.1, -0.05) is 13.8 Å². The van der Waals surface area contributed by atoms with Gasteiger partial charge >= 0.3 is 5.97 Å². The molecule has 0 unspecified atom stereocenters. The second kappa shape index (κ2) is 6.94. The van der Waals surface area contributed by atoms with Crippen molar-refractivity contribution >= 4 is 11.9 Å². The number of alkyl halides is 2. The summed E-state index contributed by atoms with van der Waals surface area (Å²) in [7, 11) is 0. The van der Waals surface area contributed by atoms with Gasteiger partial charge in [-0.15, -0.1) is 0 Å². The molecule has 26 heavy (non-hydrogen) atoms. The van der Waals surface area contributed by atoms with Crippen molar-refractivity contribution in [1.82, 2.24) is 14.7 Å². The van der Waals surface area contributed by atoms with E-state index in [0.29, 0.717) is 13.0 Å². The lowest BCUT2D eigenvalue weighted by Crippen LogP contribution is -2.45. The summed E-state index contributed by atoms with van der Waals surface area (Å²) in [4.78, 5) is 26.1. The van der Waals surface area contributed by atoms with Crippen LogP contribution in [0, 0.1) is 17.3 Å². The lowest BCUT2D eigenvalue weighted by Gasteiger charge is -2.33. The third kappa shape index (κ3) is 3.08. The smallest absolute Gasteiger partial charge is 0.311 e. The lowest BCUT2D eigenvalue weighted by atomic mass is 9.74. The fourth-order valence-corrected chi connectivity index (χ4v) is 3.91. The zero-order valence-corrected chi connectivity index (χ0v) is 14.8. The highest BCUT2D eigenvalue weighted by molar-refractivity contribution is 5.96. The van der Waals surface area contributed by atoms with Crippen LogP contribution in [0.4, 0.5) is 8.78 Å². The van der Waals surface area contributed by atoms with E-state index in [2.05, 4.69) is 5.10 Å². The molecule has 144 valence electrons. The van der Waals surface area contributed by atoms with Gasteiger partial charge < -0.3 is 14.7 Å². The molecule has 2 aliphatic rings. The molecule has 1 aromatic heterocycles. The van der Waals surface area contributed by atoms with Gasteiger partial charge in [0.2, 0.25) is 0 Å². The number of rotatable bonds is 5. The summed E-state index contributed by atoms with van der Waals surface area (Å²) in [5.74, 6) is -1.80. The number of carbonyl (C=O) groups is 2. The Morgan fingerprint density at radius 3 is 2.77 bits per heavy atom. The van der Waals surface area contributed by atoms with Crippen LogP contribution >= 0.6 is 0 Å². The minimum Gasteiger partial charge on any atom is -0.481 e. The van der Waals surface area contributed by atoms with E-state index >= 15 is 0 Å². The Bertz CT molecular complexity index is 706. The average Bonchev–Trinajstić information content (AvgIpc) is 3.15. The van der Waals surface area contributed by atoms with E-state index in [4.69, 9.17) is 4.74 Å². The molecule has 1 amide bonds. The highest BCUT2D eigenvalue weighted by Gasteiger charge is 2.55. The maximum Gasteiger partial charge on any atom is 0.311 e. The van der Waals surface area contributed by atoms with Crippen LogP contribution in [0.3, 0.4) is 0 Å². The molecule has 3 rings (SSSR count). The van der Waals surface area contributed by atoms with Crippen molar-refractivity contribution in [1.29, 1.82) is 0 Å². The Morgan fingerprint density at radius 2 is 2.19 bits per heavy atom. The largest absolute Gasteiger partial charge is 0.481 e. The highest BCUT2D eigenvalue weighted by atomic mass is 19.3. The number of aromatic nitrogens is 2. The molecule has 0 spiro atoms. The van der Waals surface area contributed by atoms with Crippen molar-refractivity contribution in [3.8, 4) is 0 Å². The average molecular weight is 371 g/mol. The lowest BCUT2D eigenvalue weighted by molar-refractivity contribution is -0.157. The second-order valence-electron chi connectivity index (χ2n) is 7.49. The van der Waals surface area contributed by atoms with Gasteiger partial charge in [-0.2, -0.15) is 5.10 Å². The minimum absolute atomic E-state index is 0.00717. The van der Waals surface area contributed by atoms with Crippen molar-refractivity contribution in [2.45, 2.75) is 33.2 Å². The maximum atomic E-state index is 13.6. The van der Waals surface area contributed by atoms with Gasteiger partial charge in [0.05, 0.1) is 23.8 Å². The molecule has 2 aliphatic heterocycles. The van der Waals surface area contributed by atoms with E-state index in [1.807, 2.05) is 13.8 Å². The maximum absolute atomic E-state index is 13.6. The molecule has 1 aromatic rings. The van der Waals surface area contributed by atoms with Gasteiger partial charge in [0, 0.05) is 32.2 Å². The molecule has 0 saturated carbocycles. The molecular formula is C17H23F2N3O4. The third-order valence-electron chi connectivity index (χ3n) is 5.28. The van der Waals surface area contributed by atoms with E-state index in [1.54, 1.807) is 0 Å². The van der Waals surface area contributed by atoms with E-state index in [1.165, 1.54) is 9.58 Å². The van der Waals surface area contributed by atoms with Crippen molar-refractivity contribution < 1.29 is 28.2 Å². The summed E-state index contributed by atoms with van der Waals surface area (Å²) < 4.78 is 33.7. The molecule has 2 atom stereocenters. The van der Waals surface area contributed by atoms with Crippen LogP contribution in [-0.2, 0) is 16.1 Å². The van der Waals surface area contributed by atoms with Gasteiger partial charge in [0.15, 0.2) is 0 Å². The number of hydrogen-bond acceptors (Lipinski definition) is 4. The zero-order chi connectivity index (χ0) is 19.1. The standard InChI is InChI=1S/C17H23F2N3O4/c1-10(2)6-22-13(14(18)19)12(5-20-22)15(23)21-7-11-8-26-4-3-17(11,9-21)16(24)25/h5,10-11,14H,3-4,6-9H2,1-2H3,(H,24,25)/t11-,17+/m0/s1. The van der Waals surface area contributed by atoms with E-state index in [-0.39, 0.29) is 43.6 Å². The number of aliphatic carboxylic acids is 1. The van der Waals surface area contributed by atoms with Crippen LogP contribution in [0.2, 0.25) is 0 Å². The number of fused-ring (bicyclic) bond motifs is 1. The predicted molar refractivity (Wildman–Crippen MR) is 86.9 cm³/mol. The molecule has 7 nitrogen and oxygen atoms in total. The molecule has 0 radical (unpaired) electrons. The second-order valence-corrected chi connectivity index (χ2v) is 7.49. The quantitative estimate of drug-likeness (QED) is 0.856. The number of halogens is 2. The van der Waals surface area contributed by atoms with Crippen LogP contribution in [0.25, 0.3) is 0 Å². The van der Waals surface area contributed by atoms with Gasteiger partial charge in [0.1, 0.15) is 5.69 Å². The van der Waals surface area contributed by atoms with E-state index in [0.717, 1.165) is 6.20 Å². The number of ether oxygens (including phenoxy) is 1. The van der Waals surface area contributed by atoms with Gasteiger partial charge in [-0.3, -0.25) is 14.3 Å². The Hall–Kier alpha value is -2.03. The summed E-state index contributed by atoms with van der Waals surface area (Å²) in [5, 5.41) is 13.6. The Balaban J connectivity index is 1.88. The van der Waals surface area contributed by atoms with Crippen LogP contribution in [0.15, 0.2) is 6.20 Å². The Morgan fingerprint density at radius 1 is 1.46 bits per heavy atom. The van der Waals surface area contributed by atoms with Crippen LogP contribution < -0.4 is 0 Å². The van der Waals surface area contributed by atoms with Crippen molar-refractivity contribution in [3.05, 3.63) is 17.5 Å². The van der Waals surface area contributed by atoms with Crippen LogP contribution in [0.1, 0.15) is 42.7 Å². The van der Waals surface area contributed by atoms with Gasteiger partial charge in [0.25, 0.3) is 12.3 Å². The number of nitrogens with zero attached hydrogens (tertiary/aromatic N) is 3. The monoisotopic (exact) mass is 371 g/mol. The first-order valence-corrected chi connectivity index (χ1v) is 8.70. The van der Waals surface area contributed by atoms with Crippen molar-refractivity contribution in [3.63, 3.8) is 0 Å². The topological polar surface area (TPSA) is 84.7 Å². The third-order valence-corrected chi connectivity index (χ3v) is 5.28. The number of hydrogen-bond donors (Lipinski definition) is 1. The molecule has 1 N–H and O–H groups in total. The fraction of sp³-hybridized carbons (Fsp3) is 0.706. The number of carbonyl (C=O) groups excluding carboxylic acids is 1. The predicted octanol–water partition coefficient (Wildman–Crippen LogP) is 2.04. The molecule has 0 bridgehead atoms. The highest BCUT2D eigenvalue weighted by Crippen LogP contribution is 2.43. The van der Waals surface area contributed by atoms with Gasteiger partial charge in [-0.05, 0) is 12.3 Å². The zero-order valence-electron chi connectivity index (χ0n) is 14.8. The molecular weight excluding hydrogens is 348 g/mol. The van der Waals surface area contributed by atoms with Crippen LogP contribution in [-0.4, -0.2) is 58.0 Å². The molecule has 3 heterocycles. The Kier molecular flexibility index (Phi) is 5.01. The van der Waals surface area contributed by atoms with Crippen molar-refractivity contribution in [2.24, 2.45) is 17.3 Å². The van der Waals surface area contributed by atoms with E-state index < -0.39 is 29.4 Å². The molecule has 2 fully saturated rings. The molecule has 9 heteroatoms. The summed E-state index contributed by atoms with van der Waals surface area (Å²) in [6, 6.07) is 0. The molecule has 0 aromatic carbocycles. The van der Waals surface area contributed by atoms with E-state index in [9.17, 15) is 23.5 Å².